The van der Waals surface area contributed by atoms with Crippen molar-refractivity contribution in [1.29, 1.82) is 0 Å². The van der Waals surface area contributed by atoms with Crippen molar-refractivity contribution < 1.29 is 9.47 Å². The molecule has 2 fully saturated rings. The van der Waals surface area contributed by atoms with Crippen LogP contribution in [0.1, 0.15) is 41.9 Å². The van der Waals surface area contributed by atoms with Gasteiger partial charge in [0, 0.05) is 32.6 Å². The van der Waals surface area contributed by atoms with E-state index in [1.165, 1.54) is 37.8 Å². The zero-order chi connectivity index (χ0) is 20.9. The summed E-state index contributed by atoms with van der Waals surface area (Å²) in [6.07, 6.45) is 6.50. The largest absolute Gasteiger partial charge is 0.371 e. The van der Waals surface area contributed by atoms with Crippen molar-refractivity contribution in [2.45, 2.75) is 50.4 Å². The molecule has 0 amide bonds. The molecule has 4 nitrogen and oxygen atoms in total. The van der Waals surface area contributed by atoms with Crippen LogP contribution in [0.2, 0.25) is 0 Å². The number of hydrogen-bond donors (Lipinski definition) is 0. The molecule has 0 bridgehead atoms. The van der Waals surface area contributed by atoms with E-state index in [-0.39, 0.29) is 12.3 Å². The third kappa shape index (κ3) is 5.38. The second-order valence-electron chi connectivity index (χ2n) is 9.39. The molecule has 166 valence electrons. The van der Waals surface area contributed by atoms with Crippen molar-refractivity contribution in [2.24, 2.45) is 0 Å². The maximum absolute atomic E-state index is 6.21. The molecule has 5 rings (SSSR count). The summed E-state index contributed by atoms with van der Waals surface area (Å²) in [5.41, 5.74) is 4.53. The topological polar surface area (TPSA) is 24.9 Å². The molecule has 1 aliphatic carbocycles. The maximum Gasteiger partial charge on any atom is 0.134 e. The summed E-state index contributed by atoms with van der Waals surface area (Å²) >= 11 is 0. The standard InChI is InChI=1S/C27H36N2O2/c1-2-7-22(8-3-1)19-25-20-31-27(21-30-25)29-17-15-28(16-18-29)14-13-24-11-6-10-23-9-4-5-12-26(23)24/h1-5,7-9,12,24-25,27H,6,10-11,13-21H2. The molecule has 0 spiro atoms. The van der Waals surface area contributed by atoms with Gasteiger partial charge in [0.15, 0.2) is 0 Å². The van der Waals surface area contributed by atoms with Gasteiger partial charge in [0.05, 0.1) is 19.3 Å². The lowest BCUT2D eigenvalue weighted by Crippen LogP contribution is -2.55. The van der Waals surface area contributed by atoms with E-state index in [0.29, 0.717) is 13.2 Å². The molecule has 3 unspecified atom stereocenters. The Hall–Kier alpha value is -1.72. The van der Waals surface area contributed by atoms with Gasteiger partial charge < -0.3 is 14.4 Å². The Labute approximate surface area is 187 Å². The minimum Gasteiger partial charge on any atom is -0.371 e. The molecule has 0 N–H and O–H groups in total. The van der Waals surface area contributed by atoms with Gasteiger partial charge in [0.2, 0.25) is 0 Å². The van der Waals surface area contributed by atoms with Gasteiger partial charge in [-0.2, -0.15) is 0 Å². The van der Waals surface area contributed by atoms with Gasteiger partial charge in [-0.1, -0.05) is 54.6 Å². The first-order valence-electron chi connectivity index (χ1n) is 12.2. The molecule has 31 heavy (non-hydrogen) atoms. The van der Waals surface area contributed by atoms with Gasteiger partial charge in [-0.25, -0.2) is 0 Å². The van der Waals surface area contributed by atoms with E-state index in [1.54, 1.807) is 11.1 Å². The second kappa shape index (κ2) is 10.3. The molecule has 2 aromatic carbocycles. The van der Waals surface area contributed by atoms with Crippen LogP contribution in [0.4, 0.5) is 0 Å². The van der Waals surface area contributed by atoms with Crippen LogP contribution in [-0.4, -0.2) is 68.1 Å². The van der Waals surface area contributed by atoms with E-state index >= 15 is 0 Å². The van der Waals surface area contributed by atoms with Gasteiger partial charge in [0.1, 0.15) is 6.23 Å². The minimum atomic E-state index is 0.124. The molecule has 0 aromatic heterocycles. The molecule has 3 atom stereocenters. The Morgan fingerprint density at radius 3 is 2.45 bits per heavy atom. The van der Waals surface area contributed by atoms with Crippen LogP contribution >= 0.6 is 0 Å². The smallest absolute Gasteiger partial charge is 0.134 e. The zero-order valence-corrected chi connectivity index (χ0v) is 18.6. The van der Waals surface area contributed by atoms with Crippen LogP contribution in [0.3, 0.4) is 0 Å². The van der Waals surface area contributed by atoms with Crippen molar-refractivity contribution in [2.75, 3.05) is 45.9 Å². The van der Waals surface area contributed by atoms with E-state index in [4.69, 9.17) is 9.47 Å². The molecule has 2 aliphatic heterocycles. The SMILES string of the molecule is c1ccc(CC2COC(N3CCN(CCC4CCCc5ccccc54)CC3)CO2)cc1. The lowest BCUT2D eigenvalue weighted by atomic mass is 9.81. The molecule has 2 aromatic rings. The Morgan fingerprint density at radius 1 is 0.839 bits per heavy atom. The first-order chi connectivity index (χ1) is 15.3. The number of piperazine rings is 1. The molecule has 2 saturated heterocycles. The molecule has 0 radical (unpaired) electrons. The third-order valence-electron chi connectivity index (χ3n) is 7.36. The van der Waals surface area contributed by atoms with Gasteiger partial charge >= 0.3 is 0 Å². The fourth-order valence-electron chi connectivity index (χ4n) is 5.51. The fraction of sp³-hybridized carbons (Fsp3) is 0.556. The predicted molar refractivity (Wildman–Crippen MR) is 124 cm³/mol. The second-order valence-corrected chi connectivity index (χ2v) is 9.39. The van der Waals surface area contributed by atoms with Crippen molar-refractivity contribution in [1.82, 2.24) is 9.80 Å². The van der Waals surface area contributed by atoms with Gasteiger partial charge in [-0.05, 0) is 54.8 Å². The first kappa shape index (κ1) is 21.1. The van der Waals surface area contributed by atoms with Crippen LogP contribution < -0.4 is 0 Å². The van der Waals surface area contributed by atoms with Crippen molar-refractivity contribution >= 4 is 0 Å². The van der Waals surface area contributed by atoms with Crippen molar-refractivity contribution in [3.63, 3.8) is 0 Å². The lowest BCUT2D eigenvalue weighted by molar-refractivity contribution is -0.189. The lowest BCUT2D eigenvalue weighted by Gasteiger charge is -2.42. The number of ether oxygens (including phenoxy) is 2. The van der Waals surface area contributed by atoms with E-state index in [0.717, 1.165) is 38.5 Å². The highest BCUT2D eigenvalue weighted by molar-refractivity contribution is 5.32. The van der Waals surface area contributed by atoms with Crippen LogP contribution in [0.5, 0.6) is 0 Å². The Balaban J connectivity index is 1.03. The minimum absolute atomic E-state index is 0.124. The van der Waals surface area contributed by atoms with Crippen LogP contribution in [0.15, 0.2) is 54.6 Å². The molecule has 0 saturated carbocycles. The van der Waals surface area contributed by atoms with Crippen LogP contribution in [0, 0.1) is 0 Å². The Morgan fingerprint density at radius 2 is 1.65 bits per heavy atom. The van der Waals surface area contributed by atoms with E-state index in [9.17, 15) is 0 Å². The summed E-state index contributed by atoms with van der Waals surface area (Å²) in [5, 5.41) is 0. The summed E-state index contributed by atoms with van der Waals surface area (Å²) in [4.78, 5) is 5.13. The molecule has 4 heteroatoms. The van der Waals surface area contributed by atoms with Crippen molar-refractivity contribution in [3.8, 4) is 0 Å². The summed E-state index contributed by atoms with van der Waals surface area (Å²) in [6.45, 7) is 7.05. The number of fused-ring (bicyclic) bond motifs is 1. The normalized spacial score (nSPS) is 27.7. The number of benzene rings is 2. The molecule has 3 aliphatic rings. The van der Waals surface area contributed by atoms with Crippen LogP contribution in [-0.2, 0) is 22.3 Å². The average Bonchev–Trinajstić information content (AvgIpc) is 2.84. The number of hydrogen-bond acceptors (Lipinski definition) is 4. The van der Waals surface area contributed by atoms with Crippen LogP contribution in [0.25, 0.3) is 0 Å². The summed E-state index contributed by atoms with van der Waals surface area (Å²) < 4.78 is 12.4. The summed E-state index contributed by atoms with van der Waals surface area (Å²) in [5.74, 6) is 0.750. The molecule has 2 heterocycles. The van der Waals surface area contributed by atoms with Gasteiger partial charge in [-0.15, -0.1) is 0 Å². The highest BCUT2D eigenvalue weighted by Crippen LogP contribution is 2.34. The van der Waals surface area contributed by atoms with E-state index in [2.05, 4.69) is 64.4 Å². The van der Waals surface area contributed by atoms with E-state index in [1.807, 2.05) is 0 Å². The fourth-order valence-corrected chi connectivity index (χ4v) is 5.51. The quantitative estimate of drug-likeness (QED) is 0.703. The Kier molecular flexibility index (Phi) is 7.00. The Bertz CT molecular complexity index is 811. The van der Waals surface area contributed by atoms with E-state index < -0.39 is 0 Å². The third-order valence-corrected chi connectivity index (χ3v) is 7.36. The number of aryl methyl sites for hydroxylation is 1. The molecular formula is C27H36N2O2. The first-order valence-corrected chi connectivity index (χ1v) is 12.2. The zero-order valence-electron chi connectivity index (χ0n) is 18.6. The highest BCUT2D eigenvalue weighted by Gasteiger charge is 2.30. The predicted octanol–water partition coefficient (Wildman–Crippen LogP) is 4.10. The number of rotatable bonds is 6. The average molecular weight is 421 g/mol. The summed E-state index contributed by atoms with van der Waals surface area (Å²) in [6, 6.07) is 19.7. The van der Waals surface area contributed by atoms with Gasteiger partial charge in [-0.3, -0.25) is 4.90 Å². The number of nitrogens with zero attached hydrogens (tertiary/aromatic N) is 2. The maximum atomic E-state index is 6.21. The highest BCUT2D eigenvalue weighted by atomic mass is 16.6. The monoisotopic (exact) mass is 420 g/mol. The molecular weight excluding hydrogens is 384 g/mol. The summed E-state index contributed by atoms with van der Waals surface area (Å²) in [7, 11) is 0. The van der Waals surface area contributed by atoms with Crippen molar-refractivity contribution in [3.05, 3.63) is 71.3 Å². The van der Waals surface area contributed by atoms with Gasteiger partial charge in [0.25, 0.3) is 0 Å².